The van der Waals surface area contributed by atoms with E-state index < -0.39 is 5.97 Å². The standard InChI is InChI=1S/C8H7BrN4O2/c9-5-3-6-8(10-4-5)13(12-11-6)2-1-7(14)15/h3-4H,1-2H2,(H,14,15). The molecule has 0 aliphatic carbocycles. The second-order valence-corrected chi connectivity index (χ2v) is 3.87. The molecule has 0 saturated carbocycles. The van der Waals surface area contributed by atoms with Crippen molar-refractivity contribution < 1.29 is 9.90 Å². The van der Waals surface area contributed by atoms with Gasteiger partial charge in [0.1, 0.15) is 5.52 Å². The minimum atomic E-state index is -0.865. The number of pyridine rings is 1. The monoisotopic (exact) mass is 270 g/mol. The molecule has 0 radical (unpaired) electrons. The molecule has 0 aliphatic heterocycles. The van der Waals surface area contributed by atoms with Crippen molar-refractivity contribution in [3.05, 3.63) is 16.7 Å². The van der Waals surface area contributed by atoms with Gasteiger partial charge < -0.3 is 5.11 Å². The van der Waals surface area contributed by atoms with E-state index in [2.05, 4.69) is 31.2 Å². The van der Waals surface area contributed by atoms with Crippen LogP contribution in [0.15, 0.2) is 16.7 Å². The molecule has 0 aromatic carbocycles. The number of hydrogen-bond donors (Lipinski definition) is 1. The van der Waals surface area contributed by atoms with Crippen molar-refractivity contribution in [1.29, 1.82) is 0 Å². The molecule has 0 aliphatic rings. The smallest absolute Gasteiger partial charge is 0.305 e. The SMILES string of the molecule is O=C(O)CCn1nnc2cc(Br)cnc21. The highest BCUT2D eigenvalue weighted by Crippen LogP contribution is 2.14. The Hall–Kier alpha value is -1.50. The summed E-state index contributed by atoms with van der Waals surface area (Å²) in [4.78, 5) is 14.5. The highest BCUT2D eigenvalue weighted by atomic mass is 79.9. The van der Waals surface area contributed by atoms with E-state index in [-0.39, 0.29) is 13.0 Å². The molecule has 2 aromatic heterocycles. The van der Waals surface area contributed by atoms with E-state index in [0.717, 1.165) is 4.47 Å². The van der Waals surface area contributed by atoms with Gasteiger partial charge in [-0.05, 0) is 22.0 Å². The number of rotatable bonds is 3. The summed E-state index contributed by atoms with van der Waals surface area (Å²) in [5.74, 6) is -0.865. The molecule has 2 heterocycles. The Bertz CT molecular complexity index is 510. The molecule has 2 aromatic rings. The third-order valence-electron chi connectivity index (χ3n) is 1.86. The number of aryl methyl sites for hydroxylation is 1. The van der Waals surface area contributed by atoms with Crippen LogP contribution in [0.2, 0.25) is 0 Å². The third kappa shape index (κ3) is 2.12. The summed E-state index contributed by atoms with van der Waals surface area (Å²) in [6, 6.07) is 1.78. The van der Waals surface area contributed by atoms with Gasteiger partial charge in [0.05, 0.1) is 13.0 Å². The van der Waals surface area contributed by atoms with Crippen LogP contribution < -0.4 is 0 Å². The number of fused-ring (bicyclic) bond motifs is 1. The first kappa shape index (κ1) is 10.0. The van der Waals surface area contributed by atoms with E-state index in [9.17, 15) is 4.79 Å². The number of carboxylic acid groups (broad SMARTS) is 1. The van der Waals surface area contributed by atoms with Crippen LogP contribution in [0.3, 0.4) is 0 Å². The van der Waals surface area contributed by atoms with Crippen molar-refractivity contribution in [3.63, 3.8) is 0 Å². The summed E-state index contributed by atoms with van der Waals surface area (Å²) < 4.78 is 2.30. The number of halogens is 1. The quantitative estimate of drug-likeness (QED) is 0.902. The zero-order chi connectivity index (χ0) is 10.8. The molecule has 0 fully saturated rings. The van der Waals surface area contributed by atoms with E-state index in [1.807, 2.05) is 0 Å². The molecule has 0 saturated heterocycles. The van der Waals surface area contributed by atoms with E-state index in [0.29, 0.717) is 11.2 Å². The first-order valence-corrected chi connectivity index (χ1v) is 5.02. The molecule has 78 valence electrons. The van der Waals surface area contributed by atoms with Gasteiger partial charge in [-0.25, -0.2) is 9.67 Å². The highest BCUT2D eigenvalue weighted by Gasteiger charge is 2.07. The maximum atomic E-state index is 10.4. The first-order chi connectivity index (χ1) is 7.16. The Balaban J connectivity index is 2.32. The van der Waals surface area contributed by atoms with Crippen LogP contribution in [0.25, 0.3) is 11.2 Å². The Kier molecular flexibility index (Phi) is 2.63. The molecule has 2 rings (SSSR count). The second-order valence-electron chi connectivity index (χ2n) is 2.95. The van der Waals surface area contributed by atoms with Gasteiger partial charge in [-0.3, -0.25) is 4.79 Å². The molecule has 0 atom stereocenters. The lowest BCUT2D eigenvalue weighted by Gasteiger charge is -1.97. The molecular formula is C8H7BrN4O2. The molecule has 15 heavy (non-hydrogen) atoms. The summed E-state index contributed by atoms with van der Waals surface area (Å²) in [6.45, 7) is 0.278. The molecule has 1 N–H and O–H groups in total. The Morgan fingerprint density at radius 3 is 3.13 bits per heavy atom. The van der Waals surface area contributed by atoms with Gasteiger partial charge in [0.15, 0.2) is 5.65 Å². The van der Waals surface area contributed by atoms with Crippen LogP contribution in [-0.2, 0) is 11.3 Å². The Labute approximate surface area is 93.0 Å². The average Bonchev–Trinajstić information content (AvgIpc) is 2.57. The first-order valence-electron chi connectivity index (χ1n) is 4.23. The lowest BCUT2D eigenvalue weighted by Crippen LogP contribution is -2.06. The molecule has 7 heteroatoms. The molecule has 0 unspecified atom stereocenters. The zero-order valence-electron chi connectivity index (χ0n) is 7.59. The van der Waals surface area contributed by atoms with Gasteiger partial charge >= 0.3 is 5.97 Å². The van der Waals surface area contributed by atoms with Crippen LogP contribution in [-0.4, -0.2) is 31.1 Å². The number of aromatic nitrogens is 4. The van der Waals surface area contributed by atoms with Crippen LogP contribution in [0.1, 0.15) is 6.42 Å². The molecule has 0 amide bonds. The number of nitrogens with zero attached hydrogens (tertiary/aromatic N) is 4. The normalized spacial score (nSPS) is 10.7. The fraction of sp³-hybridized carbons (Fsp3) is 0.250. The number of hydrogen-bond acceptors (Lipinski definition) is 4. The van der Waals surface area contributed by atoms with Gasteiger partial charge in [-0.1, -0.05) is 5.21 Å². The second kappa shape index (κ2) is 3.93. The van der Waals surface area contributed by atoms with Crippen molar-refractivity contribution >= 4 is 33.1 Å². The largest absolute Gasteiger partial charge is 0.481 e. The molecule has 0 spiro atoms. The van der Waals surface area contributed by atoms with Crippen LogP contribution >= 0.6 is 15.9 Å². The minimum absolute atomic E-state index is 0.0101. The maximum Gasteiger partial charge on any atom is 0.305 e. The summed E-state index contributed by atoms with van der Waals surface area (Å²) in [6.07, 6.45) is 1.64. The van der Waals surface area contributed by atoms with Gasteiger partial charge in [-0.15, -0.1) is 5.10 Å². The molecular weight excluding hydrogens is 264 g/mol. The van der Waals surface area contributed by atoms with E-state index in [1.54, 1.807) is 12.3 Å². The number of carboxylic acids is 1. The topological polar surface area (TPSA) is 80.9 Å². The van der Waals surface area contributed by atoms with Crippen molar-refractivity contribution in [2.75, 3.05) is 0 Å². The van der Waals surface area contributed by atoms with Crippen molar-refractivity contribution in [3.8, 4) is 0 Å². The molecule has 6 nitrogen and oxygen atoms in total. The summed E-state index contributed by atoms with van der Waals surface area (Å²) in [7, 11) is 0. The lowest BCUT2D eigenvalue weighted by molar-refractivity contribution is -0.137. The summed E-state index contributed by atoms with van der Waals surface area (Å²) >= 11 is 3.27. The van der Waals surface area contributed by atoms with E-state index in [4.69, 9.17) is 5.11 Å². The Morgan fingerprint density at radius 2 is 2.40 bits per heavy atom. The molecule has 0 bridgehead atoms. The third-order valence-corrected chi connectivity index (χ3v) is 2.29. The van der Waals surface area contributed by atoms with Gasteiger partial charge in [0.25, 0.3) is 0 Å². The van der Waals surface area contributed by atoms with Crippen LogP contribution in [0.5, 0.6) is 0 Å². The predicted molar refractivity (Wildman–Crippen MR) is 55.3 cm³/mol. The van der Waals surface area contributed by atoms with E-state index in [1.165, 1.54) is 4.68 Å². The number of carbonyl (C=O) groups is 1. The number of aliphatic carboxylic acids is 1. The zero-order valence-corrected chi connectivity index (χ0v) is 9.18. The average molecular weight is 271 g/mol. The Morgan fingerprint density at radius 1 is 1.60 bits per heavy atom. The lowest BCUT2D eigenvalue weighted by atomic mass is 10.4. The highest BCUT2D eigenvalue weighted by molar-refractivity contribution is 9.10. The predicted octanol–water partition coefficient (Wildman–Crippen LogP) is 1.06. The van der Waals surface area contributed by atoms with Crippen LogP contribution in [0.4, 0.5) is 0 Å². The fourth-order valence-corrected chi connectivity index (χ4v) is 1.51. The minimum Gasteiger partial charge on any atom is -0.481 e. The maximum absolute atomic E-state index is 10.4. The van der Waals surface area contributed by atoms with E-state index >= 15 is 0 Å². The van der Waals surface area contributed by atoms with Gasteiger partial charge in [-0.2, -0.15) is 0 Å². The van der Waals surface area contributed by atoms with Gasteiger partial charge in [0.2, 0.25) is 0 Å². The summed E-state index contributed by atoms with van der Waals surface area (Å²) in [5.41, 5.74) is 1.24. The van der Waals surface area contributed by atoms with Crippen molar-refractivity contribution in [1.82, 2.24) is 20.0 Å². The van der Waals surface area contributed by atoms with Crippen molar-refractivity contribution in [2.24, 2.45) is 0 Å². The fourth-order valence-electron chi connectivity index (χ4n) is 1.19. The van der Waals surface area contributed by atoms with Gasteiger partial charge in [0, 0.05) is 10.7 Å². The van der Waals surface area contributed by atoms with Crippen molar-refractivity contribution in [2.45, 2.75) is 13.0 Å². The summed E-state index contributed by atoms with van der Waals surface area (Å²) in [5, 5.41) is 16.3. The van der Waals surface area contributed by atoms with Crippen LogP contribution in [0, 0.1) is 0 Å².